The molecular formula is C33H51O4P. The zero-order valence-electron chi connectivity index (χ0n) is 24.1. The Morgan fingerprint density at radius 3 is 2.50 bits per heavy atom. The summed E-state index contributed by atoms with van der Waals surface area (Å²) in [6, 6.07) is 11.0. The van der Waals surface area contributed by atoms with E-state index < -0.39 is 7.82 Å². The van der Waals surface area contributed by atoms with Crippen molar-refractivity contribution in [2.24, 2.45) is 46.3 Å². The molecule has 5 rings (SSSR count). The first-order valence-corrected chi connectivity index (χ1v) is 17.0. The normalized spacial score (nSPS) is 38.5. The summed E-state index contributed by atoms with van der Waals surface area (Å²) in [5.41, 5.74) is 3.53. The number of phosphoric ester groups is 1. The summed E-state index contributed by atoms with van der Waals surface area (Å²) >= 11 is 0. The molecule has 0 bridgehead atoms. The second-order valence-corrected chi connectivity index (χ2v) is 15.3. The number of rotatable bonds is 9. The van der Waals surface area contributed by atoms with Crippen LogP contribution < -0.4 is 0 Å². The molecule has 0 saturated heterocycles. The molecule has 1 aromatic carbocycles. The van der Waals surface area contributed by atoms with E-state index in [1.165, 1.54) is 62.5 Å². The molecule has 2 N–H and O–H groups in total. The molecule has 4 aliphatic carbocycles. The van der Waals surface area contributed by atoms with Crippen molar-refractivity contribution >= 4 is 7.82 Å². The molecule has 38 heavy (non-hydrogen) atoms. The Morgan fingerprint density at radius 1 is 1.00 bits per heavy atom. The monoisotopic (exact) mass is 542 g/mol. The zero-order chi connectivity index (χ0) is 27.1. The van der Waals surface area contributed by atoms with Crippen LogP contribution in [0.1, 0.15) is 104 Å². The predicted molar refractivity (Wildman–Crippen MR) is 154 cm³/mol. The molecule has 0 aliphatic heterocycles. The van der Waals surface area contributed by atoms with Gasteiger partial charge in [-0.15, -0.1) is 0 Å². The van der Waals surface area contributed by atoms with Crippen molar-refractivity contribution in [1.29, 1.82) is 0 Å². The standard InChI is InChI=1S/C33H51O4P/c1-23(21-25-11-6-5-7-12-25)9-8-10-24(2)29-15-16-30-28-14-13-26-22-27(37-38(34,35)36)17-19-32(26,3)31(28)18-20-33(29,30)4/h5-7,11-13,23-24,27-31H,8-10,14-22H2,1-4H3,(H2,34,35,36)/t23?,24-,27+,28+,29-,30+,31+,32+,33-/m1/s1. The lowest BCUT2D eigenvalue weighted by molar-refractivity contribution is -0.0570. The summed E-state index contributed by atoms with van der Waals surface area (Å²) in [5.74, 6) is 4.70. The smallest absolute Gasteiger partial charge is 0.303 e. The highest BCUT2D eigenvalue weighted by Gasteiger charge is 2.59. The molecule has 0 heterocycles. The zero-order valence-corrected chi connectivity index (χ0v) is 25.0. The molecule has 5 heteroatoms. The minimum Gasteiger partial charge on any atom is -0.303 e. The van der Waals surface area contributed by atoms with Gasteiger partial charge in [0.05, 0.1) is 6.10 Å². The maximum atomic E-state index is 11.4. The van der Waals surface area contributed by atoms with Crippen molar-refractivity contribution in [3.63, 3.8) is 0 Å². The van der Waals surface area contributed by atoms with Gasteiger partial charge in [0, 0.05) is 0 Å². The van der Waals surface area contributed by atoms with Gasteiger partial charge in [0.1, 0.15) is 0 Å². The summed E-state index contributed by atoms with van der Waals surface area (Å²) in [6.45, 7) is 10.1. The van der Waals surface area contributed by atoms with Crippen LogP contribution in [0.5, 0.6) is 0 Å². The van der Waals surface area contributed by atoms with Gasteiger partial charge in [0.2, 0.25) is 0 Å². The molecule has 4 aliphatic rings. The largest absolute Gasteiger partial charge is 0.469 e. The SMILES string of the molecule is CC(CCC[C@@H](C)[C@H]1CC[C@H]2[C@@H]3CC=C4C[C@@H](OP(=O)(O)O)CC[C@]4(C)[C@H]3CC[C@]12C)Cc1ccccc1. The first kappa shape index (κ1) is 28.6. The molecule has 0 amide bonds. The number of hydrogen-bond acceptors (Lipinski definition) is 2. The first-order valence-electron chi connectivity index (χ1n) is 15.5. The second kappa shape index (κ2) is 11.2. The summed E-state index contributed by atoms with van der Waals surface area (Å²) in [6.07, 6.45) is 16.4. The highest BCUT2D eigenvalue weighted by atomic mass is 31.2. The van der Waals surface area contributed by atoms with Gasteiger partial charge in [-0.2, -0.15) is 0 Å². The highest BCUT2D eigenvalue weighted by molar-refractivity contribution is 7.46. The Morgan fingerprint density at radius 2 is 1.76 bits per heavy atom. The van der Waals surface area contributed by atoms with Crippen molar-refractivity contribution in [2.45, 2.75) is 111 Å². The van der Waals surface area contributed by atoms with Gasteiger partial charge < -0.3 is 9.79 Å². The van der Waals surface area contributed by atoms with Crippen molar-refractivity contribution in [1.82, 2.24) is 0 Å². The van der Waals surface area contributed by atoms with E-state index in [1.807, 2.05) is 0 Å². The Balaban J connectivity index is 1.19. The molecule has 212 valence electrons. The van der Waals surface area contributed by atoms with Crippen molar-refractivity contribution < 1.29 is 18.9 Å². The molecule has 4 nitrogen and oxygen atoms in total. The first-order chi connectivity index (χ1) is 18.0. The predicted octanol–water partition coefficient (Wildman–Crippen LogP) is 8.73. The fourth-order valence-electron chi connectivity index (χ4n) is 9.99. The molecule has 3 saturated carbocycles. The Hall–Kier alpha value is -0.930. The third-order valence-corrected chi connectivity index (χ3v) is 12.5. The Kier molecular flexibility index (Phi) is 8.39. The molecular weight excluding hydrogens is 491 g/mol. The van der Waals surface area contributed by atoms with E-state index >= 15 is 0 Å². The fourth-order valence-corrected chi connectivity index (χ4v) is 10.6. The van der Waals surface area contributed by atoms with Crippen LogP contribution in [0.3, 0.4) is 0 Å². The van der Waals surface area contributed by atoms with E-state index in [2.05, 4.69) is 64.1 Å². The third-order valence-electron chi connectivity index (χ3n) is 11.9. The second-order valence-electron chi connectivity index (χ2n) is 14.2. The van der Waals surface area contributed by atoms with Crippen molar-refractivity contribution in [3.8, 4) is 0 Å². The van der Waals surface area contributed by atoms with Crippen molar-refractivity contribution in [2.75, 3.05) is 0 Å². The van der Waals surface area contributed by atoms with E-state index in [0.29, 0.717) is 17.8 Å². The summed E-state index contributed by atoms with van der Waals surface area (Å²) < 4.78 is 16.6. The van der Waals surface area contributed by atoms with E-state index in [9.17, 15) is 14.4 Å². The maximum absolute atomic E-state index is 11.4. The molecule has 0 radical (unpaired) electrons. The minimum atomic E-state index is -4.43. The number of allylic oxidation sites excluding steroid dienone is 1. The molecule has 1 unspecified atom stereocenters. The van der Waals surface area contributed by atoms with E-state index in [0.717, 1.165) is 48.9 Å². The molecule has 1 aromatic rings. The van der Waals surface area contributed by atoms with Crippen LogP contribution in [0.4, 0.5) is 0 Å². The highest BCUT2D eigenvalue weighted by Crippen LogP contribution is 2.67. The number of hydrogen-bond donors (Lipinski definition) is 2. The van der Waals surface area contributed by atoms with Gasteiger partial charge in [-0.05, 0) is 110 Å². The Bertz CT molecular complexity index is 1030. The van der Waals surface area contributed by atoms with Gasteiger partial charge in [-0.25, -0.2) is 4.57 Å². The van der Waals surface area contributed by atoms with Gasteiger partial charge in [-0.1, -0.05) is 88.9 Å². The number of phosphoric acid groups is 1. The van der Waals surface area contributed by atoms with Crippen LogP contribution >= 0.6 is 7.82 Å². The molecule has 0 spiro atoms. The van der Waals surface area contributed by atoms with Crippen LogP contribution in [0.25, 0.3) is 0 Å². The average Bonchev–Trinajstić information content (AvgIpc) is 3.21. The van der Waals surface area contributed by atoms with Gasteiger partial charge >= 0.3 is 7.82 Å². The van der Waals surface area contributed by atoms with Gasteiger partial charge in [0.15, 0.2) is 0 Å². The lowest BCUT2D eigenvalue weighted by atomic mass is 9.47. The third kappa shape index (κ3) is 5.76. The molecule has 9 atom stereocenters. The quantitative estimate of drug-likeness (QED) is 0.242. The van der Waals surface area contributed by atoms with Crippen LogP contribution in [0.2, 0.25) is 0 Å². The Labute approximate surface area is 231 Å². The van der Waals surface area contributed by atoms with E-state index in [4.69, 9.17) is 4.52 Å². The fraction of sp³-hybridized carbons (Fsp3) is 0.758. The van der Waals surface area contributed by atoms with Crippen LogP contribution in [0, 0.1) is 46.3 Å². The van der Waals surface area contributed by atoms with Gasteiger partial charge in [-0.3, -0.25) is 4.52 Å². The number of benzene rings is 1. The maximum Gasteiger partial charge on any atom is 0.469 e. The summed E-state index contributed by atoms with van der Waals surface area (Å²) in [7, 11) is -4.43. The minimum absolute atomic E-state index is 0.178. The van der Waals surface area contributed by atoms with Crippen molar-refractivity contribution in [3.05, 3.63) is 47.5 Å². The van der Waals surface area contributed by atoms with Crippen LogP contribution in [0.15, 0.2) is 42.0 Å². The average molecular weight is 543 g/mol. The lowest BCUT2D eigenvalue weighted by Crippen LogP contribution is -2.50. The van der Waals surface area contributed by atoms with E-state index in [1.54, 1.807) is 0 Å². The van der Waals surface area contributed by atoms with Crippen LogP contribution in [-0.2, 0) is 15.5 Å². The summed E-state index contributed by atoms with van der Waals surface area (Å²) in [5, 5.41) is 0. The van der Waals surface area contributed by atoms with E-state index in [-0.39, 0.29) is 11.5 Å². The lowest BCUT2D eigenvalue weighted by Gasteiger charge is -2.58. The molecule has 3 fully saturated rings. The number of fused-ring (bicyclic) bond motifs is 5. The molecule has 0 aromatic heterocycles. The topological polar surface area (TPSA) is 66.8 Å². The van der Waals surface area contributed by atoms with Gasteiger partial charge in [0.25, 0.3) is 0 Å². The van der Waals surface area contributed by atoms with Crippen LogP contribution in [-0.4, -0.2) is 15.9 Å². The summed E-state index contributed by atoms with van der Waals surface area (Å²) in [4.78, 5) is 18.7.